The summed E-state index contributed by atoms with van der Waals surface area (Å²) in [5.74, 6) is -0.437. The van der Waals surface area contributed by atoms with Crippen LogP contribution in [0.1, 0.15) is 45.4 Å². The van der Waals surface area contributed by atoms with E-state index in [0.717, 1.165) is 6.42 Å². The van der Waals surface area contributed by atoms with Gasteiger partial charge >= 0.3 is 5.97 Å². The predicted molar refractivity (Wildman–Crippen MR) is 65.6 cm³/mol. The van der Waals surface area contributed by atoms with Crippen molar-refractivity contribution in [2.75, 3.05) is 0 Å². The van der Waals surface area contributed by atoms with E-state index in [1.54, 1.807) is 12.2 Å². The van der Waals surface area contributed by atoms with E-state index in [0.29, 0.717) is 18.8 Å². The summed E-state index contributed by atoms with van der Waals surface area (Å²) in [6.07, 6.45) is 8.93. The summed E-state index contributed by atoms with van der Waals surface area (Å²) in [6, 6.07) is -0.792. The van der Waals surface area contributed by atoms with Crippen LogP contribution in [-0.4, -0.2) is 23.0 Å². The Hall–Kier alpha value is -1.32. The van der Waals surface area contributed by atoms with E-state index in [1.807, 2.05) is 6.92 Å². The minimum atomic E-state index is -0.972. The molecule has 0 aromatic heterocycles. The van der Waals surface area contributed by atoms with Crippen LogP contribution in [-0.2, 0) is 9.59 Å². The first kappa shape index (κ1) is 13.7. The zero-order valence-corrected chi connectivity index (χ0v) is 10.3. The van der Waals surface area contributed by atoms with E-state index >= 15 is 0 Å². The van der Waals surface area contributed by atoms with Crippen molar-refractivity contribution in [2.45, 2.75) is 51.5 Å². The molecule has 4 nitrogen and oxygen atoms in total. The van der Waals surface area contributed by atoms with E-state index < -0.39 is 12.0 Å². The minimum absolute atomic E-state index is 0.145. The van der Waals surface area contributed by atoms with Gasteiger partial charge in [0, 0.05) is 6.42 Å². The van der Waals surface area contributed by atoms with Crippen LogP contribution in [0, 0.1) is 5.92 Å². The molecule has 96 valence electrons. The summed E-state index contributed by atoms with van der Waals surface area (Å²) in [4.78, 5) is 22.5. The number of nitrogens with one attached hydrogen (secondary N) is 1. The molecule has 0 heterocycles. The minimum Gasteiger partial charge on any atom is -0.480 e. The molecule has 0 aliphatic heterocycles. The Bertz CT molecular complexity index is 295. The van der Waals surface area contributed by atoms with Gasteiger partial charge in [0.15, 0.2) is 0 Å². The van der Waals surface area contributed by atoms with Crippen molar-refractivity contribution >= 4 is 11.9 Å². The van der Waals surface area contributed by atoms with E-state index in [-0.39, 0.29) is 5.91 Å². The molecule has 1 rings (SSSR count). The Morgan fingerprint density at radius 3 is 2.65 bits per heavy atom. The van der Waals surface area contributed by atoms with Crippen LogP contribution in [0.5, 0.6) is 0 Å². The molecular formula is C13H21NO3. The molecule has 0 aromatic rings. The molecular weight excluding hydrogens is 218 g/mol. The average molecular weight is 239 g/mol. The fourth-order valence-electron chi connectivity index (χ4n) is 1.88. The molecule has 1 saturated carbocycles. The van der Waals surface area contributed by atoms with E-state index in [4.69, 9.17) is 5.11 Å². The van der Waals surface area contributed by atoms with Gasteiger partial charge in [-0.1, -0.05) is 31.4 Å². The molecule has 17 heavy (non-hydrogen) atoms. The number of aliphatic carboxylic acids is 1. The largest absolute Gasteiger partial charge is 0.480 e. The topological polar surface area (TPSA) is 66.4 Å². The first-order chi connectivity index (χ1) is 8.13. The third-order valence-corrected chi connectivity index (χ3v) is 3.25. The molecule has 1 aliphatic rings. The Labute approximate surface area is 102 Å². The Morgan fingerprint density at radius 2 is 2.18 bits per heavy atom. The highest BCUT2D eigenvalue weighted by Gasteiger charge is 2.21. The molecule has 0 spiro atoms. The Morgan fingerprint density at radius 1 is 1.47 bits per heavy atom. The van der Waals surface area contributed by atoms with E-state index in [1.165, 1.54) is 19.3 Å². The second kappa shape index (κ2) is 7.09. The van der Waals surface area contributed by atoms with Gasteiger partial charge in [0.1, 0.15) is 6.04 Å². The molecule has 0 aromatic carbocycles. The third kappa shape index (κ3) is 5.02. The highest BCUT2D eigenvalue weighted by molar-refractivity contribution is 5.83. The fourth-order valence-corrected chi connectivity index (χ4v) is 1.88. The molecule has 1 aliphatic carbocycles. The average Bonchev–Trinajstić information content (AvgIpc) is 2.21. The van der Waals surface area contributed by atoms with Crippen molar-refractivity contribution in [3.05, 3.63) is 12.2 Å². The van der Waals surface area contributed by atoms with Gasteiger partial charge < -0.3 is 10.4 Å². The summed E-state index contributed by atoms with van der Waals surface area (Å²) < 4.78 is 0. The zero-order chi connectivity index (χ0) is 12.7. The smallest absolute Gasteiger partial charge is 0.326 e. The van der Waals surface area contributed by atoms with Crippen molar-refractivity contribution < 1.29 is 14.7 Å². The van der Waals surface area contributed by atoms with Crippen molar-refractivity contribution in [1.29, 1.82) is 0 Å². The number of carboxylic acid groups (broad SMARTS) is 1. The normalized spacial score (nSPS) is 17.7. The number of carbonyl (C=O) groups is 2. The fraction of sp³-hybridized carbons (Fsp3) is 0.692. The maximum Gasteiger partial charge on any atom is 0.326 e. The lowest BCUT2D eigenvalue weighted by molar-refractivity contribution is -0.141. The molecule has 1 amide bonds. The van der Waals surface area contributed by atoms with Gasteiger partial charge in [-0.25, -0.2) is 4.79 Å². The monoisotopic (exact) mass is 239 g/mol. The van der Waals surface area contributed by atoms with Crippen LogP contribution in [0.15, 0.2) is 12.2 Å². The van der Waals surface area contributed by atoms with Crippen LogP contribution >= 0.6 is 0 Å². The lowest BCUT2D eigenvalue weighted by atomic mass is 9.82. The SMILES string of the molecule is C/C=C/CC(NC(=O)CCC1CCC1)C(=O)O. The maximum absolute atomic E-state index is 11.6. The number of carboxylic acids is 1. The van der Waals surface area contributed by atoms with Gasteiger partial charge in [-0.2, -0.15) is 0 Å². The summed E-state index contributed by atoms with van der Waals surface area (Å²) in [5, 5.41) is 11.5. The maximum atomic E-state index is 11.6. The van der Waals surface area contributed by atoms with Gasteiger partial charge in [-0.05, 0) is 25.7 Å². The Kier molecular flexibility index (Phi) is 5.73. The van der Waals surface area contributed by atoms with Crippen LogP contribution in [0.4, 0.5) is 0 Å². The van der Waals surface area contributed by atoms with E-state index in [9.17, 15) is 9.59 Å². The lowest BCUT2D eigenvalue weighted by Crippen LogP contribution is -2.40. The van der Waals surface area contributed by atoms with Crippen molar-refractivity contribution in [1.82, 2.24) is 5.32 Å². The summed E-state index contributed by atoms with van der Waals surface area (Å²) in [7, 11) is 0. The summed E-state index contributed by atoms with van der Waals surface area (Å²) in [5.41, 5.74) is 0. The summed E-state index contributed by atoms with van der Waals surface area (Å²) in [6.45, 7) is 1.83. The first-order valence-corrected chi connectivity index (χ1v) is 6.26. The Balaban J connectivity index is 2.26. The first-order valence-electron chi connectivity index (χ1n) is 6.26. The molecule has 1 unspecified atom stereocenters. The number of hydrogen-bond acceptors (Lipinski definition) is 2. The molecule has 0 saturated heterocycles. The number of amides is 1. The lowest BCUT2D eigenvalue weighted by Gasteiger charge is -2.25. The second-order valence-electron chi connectivity index (χ2n) is 4.60. The van der Waals surface area contributed by atoms with Crippen molar-refractivity contribution in [2.24, 2.45) is 5.92 Å². The van der Waals surface area contributed by atoms with Crippen molar-refractivity contribution in [3.63, 3.8) is 0 Å². The predicted octanol–water partition coefficient (Wildman–Crippen LogP) is 2.10. The van der Waals surface area contributed by atoms with Gasteiger partial charge in [0.25, 0.3) is 0 Å². The van der Waals surface area contributed by atoms with Crippen LogP contribution in [0.3, 0.4) is 0 Å². The molecule has 2 N–H and O–H groups in total. The molecule has 0 radical (unpaired) electrons. The van der Waals surface area contributed by atoms with Crippen molar-refractivity contribution in [3.8, 4) is 0 Å². The number of carbonyl (C=O) groups excluding carboxylic acids is 1. The van der Waals surface area contributed by atoms with Crippen LogP contribution in [0.2, 0.25) is 0 Å². The van der Waals surface area contributed by atoms with E-state index in [2.05, 4.69) is 5.32 Å². The molecule has 1 atom stereocenters. The number of allylic oxidation sites excluding steroid dienone is 1. The second-order valence-corrected chi connectivity index (χ2v) is 4.60. The van der Waals surface area contributed by atoms with Gasteiger partial charge in [0.2, 0.25) is 5.91 Å². The third-order valence-electron chi connectivity index (χ3n) is 3.25. The molecule has 0 bridgehead atoms. The number of rotatable bonds is 7. The highest BCUT2D eigenvalue weighted by Crippen LogP contribution is 2.30. The summed E-state index contributed by atoms with van der Waals surface area (Å²) >= 11 is 0. The van der Waals surface area contributed by atoms with Gasteiger partial charge in [0.05, 0.1) is 0 Å². The quantitative estimate of drug-likeness (QED) is 0.669. The number of hydrogen-bond donors (Lipinski definition) is 2. The van der Waals surface area contributed by atoms with Gasteiger partial charge in [-0.3, -0.25) is 4.79 Å². The molecule has 1 fully saturated rings. The van der Waals surface area contributed by atoms with Crippen LogP contribution in [0.25, 0.3) is 0 Å². The standard InChI is InChI=1S/C13H21NO3/c1-2-3-7-11(13(16)17)14-12(15)9-8-10-5-4-6-10/h2-3,10-11H,4-9H2,1H3,(H,14,15)(H,16,17)/b3-2+. The van der Waals surface area contributed by atoms with Gasteiger partial charge in [-0.15, -0.1) is 0 Å². The molecule has 4 heteroatoms. The highest BCUT2D eigenvalue weighted by atomic mass is 16.4. The zero-order valence-electron chi connectivity index (χ0n) is 10.3. The van der Waals surface area contributed by atoms with Crippen LogP contribution < -0.4 is 5.32 Å².